The number of thioether (sulfide) groups is 1. The van der Waals surface area contributed by atoms with E-state index in [2.05, 4.69) is 0 Å². The lowest BCUT2D eigenvalue weighted by atomic mass is 10.2. The Morgan fingerprint density at radius 3 is 2.61 bits per heavy atom. The SMILES string of the molecule is O=C(O)CN1C(=O)CSC1c1c(Cl)cccc1Cl. The molecule has 4 nitrogen and oxygen atoms in total. The lowest BCUT2D eigenvalue weighted by Crippen LogP contribution is -2.33. The maximum atomic E-state index is 11.7. The molecule has 1 unspecified atom stereocenters. The molecule has 1 heterocycles. The van der Waals surface area contributed by atoms with Crippen LogP contribution in [-0.4, -0.2) is 34.2 Å². The number of nitrogens with zero attached hydrogens (tertiary/aromatic N) is 1. The van der Waals surface area contributed by atoms with Gasteiger partial charge in [0.1, 0.15) is 11.9 Å². The van der Waals surface area contributed by atoms with Gasteiger partial charge in [-0.2, -0.15) is 0 Å². The normalized spacial score (nSPS) is 19.3. The highest BCUT2D eigenvalue weighted by molar-refractivity contribution is 8.00. The molecule has 1 saturated heterocycles. The Labute approximate surface area is 118 Å². The molecule has 96 valence electrons. The van der Waals surface area contributed by atoms with Crippen LogP contribution in [0.25, 0.3) is 0 Å². The van der Waals surface area contributed by atoms with E-state index in [0.29, 0.717) is 15.6 Å². The number of rotatable bonds is 3. The van der Waals surface area contributed by atoms with Crippen LogP contribution in [0.4, 0.5) is 0 Å². The van der Waals surface area contributed by atoms with Crippen molar-refractivity contribution in [3.8, 4) is 0 Å². The van der Waals surface area contributed by atoms with Crippen LogP contribution in [0.1, 0.15) is 10.9 Å². The number of carbonyl (C=O) groups excluding carboxylic acids is 1. The maximum absolute atomic E-state index is 11.7. The predicted octanol–water partition coefficient (Wildman–Crippen LogP) is 2.65. The molecule has 1 aliphatic heterocycles. The zero-order valence-corrected chi connectivity index (χ0v) is 11.4. The van der Waals surface area contributed by atoms with Gasteiger partial charge in [0.15, 0.2) is 0 Å². The predicted molar refractivity (Wildman–Crippen MR) is 71.0 cm³/mol. The van der Waals surface area contributed by atoms with Crippen molar-refractivity contribution in [3.63, 3.8) is 0 Å². The number of benzene rings is 1. The van der Waals surface area contributed by atoms with Gasteiger partial charge in [-0.1, -0.05) is 29.3 Å². The smallest absolute Gasteiger partial charge is 0.323 e. The van der Waals surface area contributed by atoms with E-state index in [0.717, 1.165) is 0 Å². The summed E-state index contributed by atoms with van der Waals surface area (Å²) in [6.07, 6.45) is 0. The molecule has 1 fully saturated rings. The third-order valence-electron chi connectivity index (χ3n) is 2.52. The molecule has 1 atom stereocenters. The number of amides is 1. The summed E-state index contributed by atoms with van der Waals surface area (Å²) in [5.74, 6) is -1.04. The first-order chi connectivity index (χ1) is 8.50. The van der Waals surface area contributed by atoms with E-state index in [1.165, 1.54) is 16.7 Å². The second-order valence-corrected chi connectivity index (χ2v) is 5.60. The summed E-state index contributed by atoms with van der Waals surface area (Å²) in [6.45, 7) is -0.349. The topological polar surface area (TPSA) is 57.6 Å². The van der Waals surface area contributed by atoms with E-state index in [9.17, 15) is 9.59 Å². The van der Waals surface area contributed by atoms with Gasteiger partial charge in [-0.15, -0.1) is 11.8 Å². The summed E-state index contributed by atoms with van der Waals surface area (Å²) in [4.78, 5) is 23.7. The third-order valence-corrected chi connectivity index (χ3v) is 4.40. The summed E-state index contributed by atoms with van der Waals surface area (Å²) in [7, 11) is 0. The zero-order valence-electron chi connectivity index (χ0n) is 9.10. The molecule has 0 saturated carbocycles. The largest absolute Gasteiger partial charge is 0.480 e. The van der Waals surface area contributed by atoms with Crippen molar-refractivity contribution in [3.05, 3.63) is 33.8 Å². The van der Waals surface area contributed by atoms with E-state index in [4.69, 9.17) is 28.3 Å². The molecular weight excluding hydrogens is 297 g/mol. The molecule has 7 heteroatoms. The Bertz CT molecular complexity index is 489. The molecule has 1 amide bonds. The van der Waals surface area contributed by atoms with Gasteiger partial charge >= 0.3 is 5.97 Å². The standard InChI is InChI=1S/C11H9Cl2NO3S/c12-6-2-1-3-7(13)10(6)11-14(4-9(16)17)8(15)5-18-11/h1-3,11H,4-5H2,(H,16,17). The van der Waals surface area contributed by atoms with Crippen molar-refractivity contribution in [2.75, 3.05) is 12.3 Å². The average Bonchev–Trinajstić information content (AvgIpc) is 2.61. The molecule has 0 radical (unpaired) electrons. The number of aliphatic carboxylic acids is 1. The Kier molecular flexibility index (Phi) is 4.04. The molecule has 1 aromatic carbocycles. The van der Waals surface area contributed by atoms with Crippen LogP contribution in [0.2, 0.25) is 10.0 Å². The van der Waals surface area contributed by atoms with Gasteiger partial charge in [-0.25, -0.2) is 0 Å². The van der Waals surface area contributed by atoms with Gasteiger partial charge in [0, 0.05) is 15.6 Å². The lowest BCUT2D eigenvalue weighted by Gasteiger charge is -2.23. The van der Waals surface area contributed by atoms with Crippen molar-refractivity contribution in [1.29, 1.82) is 0 Å². The van der Waals surface area contributed by atoms with Gasteiger partial charge in [-0.05, 0) is 12.1 Å². The van der Waals surface area contributed by atoms with Gasteiger partial charge in [0.2, 0.25) is 5.91 Å². The average molecular weight is 306 g/mol. The first-order valence-corrected chi connectivity index (χ1v) is 6.88. The quantitative estimate of drug-likeness (QED) is 0.932. The minimum atomic E-state index is -1.06. The zero-order chi connectivity index (χ0) is 13.3. The Hall–Kier alpha value is -0.910. The summed E-state index contributed by atoms with van der Waals surface area (Å²) in [5, 5.41) is 9.26. The summed E-state index contributed by atoms with van der Waals surface area (Å²) in [6, 6.07) is 5.05. The lowest BCUT2D eigenvalue weighted by molar-refractivity contribution is -0.143. The molecule has 0 aliphatic carbocycles. The van der Waals surface area contributed by atoms with Gasteiger partial charge < -0.3 is 10.0 Å². The third kappa shape index (κ3) is 2.58. The van der Waals surface area contributed by atoms with Crippen LogP contribution >= 0.6 is 35.0 Å². The highest BCUT2D eigenvalue weighted by atomic mass is 35.5. The van der Waals surface area contributed by atoms with E-state index >= 15 is 0 Å². The van der Waals surface area contributed by atoms with Gasteiger partial charge in [-0.3, -0.25) is 9.59 Å². The number of hydrogen-bond acceptors (Lipinski definition) is 3. The van der Waals surface area contributed by atoms with Crippen molar-refractivity contribution < 1.29 is 14.7 Å². The molecular formula is C11H9Cl2NO3S. The van der Waals surface area contributed by atoms with E-state index in [1.807, 2.05) is 0 Å². The van der Waals surface area contributed by atoms with E-state index < -0.39 is 11.3 Å². The van der Waals surface area contributed by atoms with Gasteiger partial charge in [0.05, 0.1) is 5.75 Å². The molecule has 1 aromatic rings. The molecule has 0 spiro atoms. The van der Waals surface area contributed by atoms with Crippen molar-refractivity contribution >= 4 is 46.8 Å². The van der Waals surface area contributed by atoms with Crippen molar-refractivity contribution in [1.82, 2.24) is 4.90 Å². The number of carbonyl (C=O) groups is 2. The van der Waals surface area contributed by atoms with Crippen molar-refractivity contribution in [2.45, 2.75) is 5.37 Å². The Morgan fingerprint density at radius 2 is 2.06 bits per heavy atom. The number of carboxylic acids is 1. The molecule has 1 N–H and O–H groups in total. The number of carboxylic acid groups (broad SMARTS) is 1. The fourth-order valence-corrected chi connectivity index (χ4v) is 3.75. The van der Waals surface area contributed by atoms with Crippen LogP contribution in [0.15, 0.2) is 18.2 Å². The Morgan fingerprint density at radius 1 is 1.44 bits per heavy atom. The number of halogens is 2. The second-order valence-electron chi connectivity index (χ2n) is 3.71. The Balaban J connectivity index is 2.37. The molecule has 0 aromatic heterocycles. The van der Waals surface area contributed by atoms with E-state index in [-0.39, 0.29) is 18.2 Å². The van der Waals surface area contributed by atoms with Crippen LogP contribution < -0.4 is 0 Å². The number of hydrogen-bond donors (Lipinski definition) is 1. The summed E-state index contributed by atoms with van der Waals surface area (Å²) < 4.78 is 0. The first-order valence-electron chi connectivity index (χ1n) is 5.07. The monoisotopic (exact) mass is 305 g/mol. The van der Waals surface area contributed by atoms with E-state index in [1.54, 1.807) is 18.2 Å². The highest BCUT2D eigenvalue weighted by Gasteiger charge is 2.36. The minimum absolute atomic E-state index is 0.219. The molecule has 0 bridgehead atoms. The van der Waals surface area contributed by atoms with Crippen LogP contribution in [0.5, 0.6) is 0 Å². The molecule has 2 rings (SSSR count). The fourth-order valence-electron chi connectivity index (χ4n) is 1.76. The highest BCUT2D eigenvalue weighted by Crippen LogP contribution is 2.44. The minimum Gasteiger partial charge on any atom is -0.480 e. The fraction of sp³-hybridized carbons (Fsp3) is 0.273. The van der Waals surface area contributed by atoms with Gasteiger partial charge in [0.25, 0.3) is 0 Å². The summed E-state index contributed by atoms with van der Waals surface area (Å²) in [5.41, 5.74) is 0.595. The molecule has 1 aliphatic rings. The van der Waals surface area contributed by atoms with Crippen LogP contribution in [0, 0.1) is 0 Å². The summed E-state index contributed by atoms with van der Waals surface area (Å²) >= 11 is 13.5. The van der Waals surface area contributed by atoms with Crippen molar-refractivity contribution in [2.24, 2.45) is 0 Å². The second kappa shape index (κ2) is 5.38. The molecule has 18 heavy (non-hydrogen) atoms. The van der Waals surface area contributed by atoms with Crippen LogP contribution in [0.3, 0.4) is 0 Å². The maximum Gasteiger partial charge on any atom is 0.323 e. The van der Waals surface area contributed by atoms with Crippen LogP contribution in [-0.2, 0) is 9.59 Å². The first kappa shape index (κ1) is 13.5.